The summed E-state index contributed by atoms with van der Waals surface area (Å²) in [4.78, 5) is 27.8. The van der Waals surface area contributed by atoms with Gasteiger partial charge >= 0.3 is 0 Å². The molecule has 5 rings (SSSR count). The number of carbonyl (C=O) groups excluding carboxylic acids is 2. The molecule has 1 N–H and O–H groups in total. The Morgan fingerprint density at radius 1 is 0.973 bits per heavy atom. The molecule has 0 spiro atoms. The van der Waals surface area contributed by atoms with Crippen molar-refractivity contribution in [1.29, 1.82) is 5.26 Å². The maximum absolute atomic E-state index is 14.5. The van der Waals surface area contributed by atoms with E-state index in [1.807, 2.05) is 19.9 Å². The second kappa shape index (κ2) is 8.44. The Morgan fingerprint density at radius 3 is 2.30 bits per heavy atom. The van der Waals surface area contributed by atoms with Gasteiger partial charge in [-0.15, -0.1) is 0 Å². The van der Waals surface area contributed by atoms with Crippen LogP contribution >= 0.6 is 11.9 Å². The van der Waals surface area contributed by atoms with Gasteiger partial charge in [-0.25, -0.2) is 0 Å². The summed E-state index contributed by atoms with van der Waals surface area (Å²) in [7, 11) is 0. The summed E-state index contributed by atoms with van der Waals surface area (Å²) in [5.74, 6) is 1.29. The van der Waals surface area contributed by atoms with E-state index in [0.29, 0.717) is 23.7 Å². The molecule has 204 valence electrons. The molecule has 0 bridgehead atoms. The first-order chi connectivity index (χ1) is 17.1. The average Bonchev–Trinajstić information content (AvgIpc) is 2.82. The topological polar surface area (TPSA) is 70.0 Å². The molecule has 4 fully saturated rings. The lowest BCUT2D eigenvalue weighted by atomic mass is 9.31. The predicted molar refractivity (Wildman–Crippen MR) is 150 cm³/mol. The van der Waals surface area contributed by atoms with Crippen LogP contribution in [-0.4, -0.2) is 24.4 Å². The molecule has 4 nitrogen and oxygen atoms in total. The van der Waals surface area contributed by atoms with Crippen LogP contribution in [0.5, 0.6) is 0 Å². The minimum absolute atomic E-state index is 0.00500. The monoisotopic (exact) mass is 524 g/mol. The summed E-state index contributed by atoms with van der Waals surface area (Å²) >= 11 is 1.71. The lowest BCUT2D eigenvalue weighted by Gasteiger charge is -2.72. The Kier molecular flexibility index (Phi) is 6.26. The molecule has 0 radical (unpaired) electrons. The third-order valence-corrected chi connectivity index (χ3v) is 13.6. The lowest BCUT2D eigenvalue weighted by molar-refractivity contribution is -0.221. The minimum Gasteiger partial charge on any atom is -0.299 e. The Morgan fingerprint density at radius 2 is 1.65 bits per heavy atom. The molecule has 0 aromatic carbocycles. The van der Waals surface area contributed by atoms with E-state index in [1.54, 1.807) is 11.9 Å². The zero-order chi connectivity index (χ0) is 27.2. The van der Waals surface area contributed by atoms with Gasteiger partial charge in [-0.05, 0) is 96.0 Å². The molecule has 5 aliphatic rings. The molecule has 8 unspecified atom stereocenters. The van der Waals surface area contributed by atoms with E-state index in [1.165, 1.54) is 19.3 Å². The highest BCUT2D eigenvalue weighted by Gasteiger charge is 2.72. The number of nitrogens with one attached hydrogen (secondary N) is 1. The van der Waals surface area contributed by atoms with Crippen LogP contribution in [0.4, 0.5) is 0 Å². The van der Waals surface area contributed by atoms with Crippen LogP contribution in [0.25, 0.3) is 0 Å². The molecule has 0 aromatic rings. The van der Waals surface area contributed by atoms with Crippen molar-refractivity contribution in [2.45, 2.75) is 99.8 Å². The number of Topliss-reactive ketones (excluding diaryl/α,β-unsaturated/α-hetero) is 2. The summed E-state index contributed by atoms with van der Waals surface area (Å²) in [5.41, 5.74) is -0.164. The molecule has 0 aromatic heterocycles. The highest BCUT2D eigenvalue weighted by atomic mass is 32.2. The average molecular weight is 525 g/mol. The largest absolute Gasteiger partial charge is 0.299 e. The standard InChI is InChI=1S/C32H48N2O2S/c1-27(2)11-13-32(19-34-37-8)14-12-31(7)25(21(32)17-27)22(35)15-24-29(5)16-20(18-33)26(36)28(3,4)23(29)9-10-30(24,31)6/h16,21,23-25,34H,9-15,17,19H2,1-8H3. The van der Waals surface area contributed by atoms with Crippen LogP contribution in [0.3, 0.4) is 0 Å². The van der Waals surface area contributed by atoms with Crippen molar-refractivity contribution in [3.8, 4) is 6.07 Å². The van der Waals surface area contributed by atoms with E-state index in [9.17, 15) is 14.9 Å². The van der Waals surface area contributed by atoms with Crippen molar-refractivity contribution in [2.24, 2.45) is 56.2 Å². The van der Waals surface area contributed by atoms with Gasteiger partial charge in [0.1, 0.15) is 11.9 Å². The highest BCUT2D eigenvalue weighted by Crippen LogP contribution is 2.75. The zero-order valence-corrected chi connectivity index (χ0v) is 25.2. The number of rotatable bonds is 3. The predicted octanol–water partition coefficient (Wildman–Crippen LogP) is 7.15. The number of fused-ring (bicyclic) bond motifs is 7. The summed E-state index contributed by atoms with van der Waals surface area (Å²) in [6.07, 6.45) is 12.6. The second-order valence-electron chi connectivity index (χ2n) is 15.6. The van der Waals surface area contributed by atoms with Crippen molar-refractivity contribution >= 4 is 23.5 Å². The molecule has 0 heterocycles. The number of carbonyl (C=O) groups is 2. The number of ketones is 2. The van der Waals surface area contributed by atoms with Gasteiger partial charge in [0.2, 0.25) is 0 Å². The summed E-state index contributed by atoms with van der Waals surface area (Å²) in [6, 6.07) is 2.24. The molecule has 8 atom stereocenters. The highest BCUT2D eigenvalue weighted by molar-refractivity contribution is 7.96. The smallest absolute Gasteiger partial charge is 0.178 e. The third kappa shape index (κ3) is 3.56. The molecule has 0 aliphatic heterocycles. The van der Waals surface area contributed by atoms with Crippen LogP contribution in [0, 0.1) is 67.5 Å². The maximum atomic E-state index is 14.5. The molecule has 37 heavy (non-hydrogen) atoms. The van der Waals surface area contributed by atoms with E-state index >= 15 is 0 Å². The van der Waals surface area contributed by atoms with Crippen molar-refractivity contribution < 1.29 is 9.59 Å². The van der Waals surface area contributed by atoms with Gasteiger partial charge in [0.25, 0.3) is 0 Å². The van der Waals surface area contributed by atoms with Gasteiger partial charge in [-0.3, -0.25) is 14.3 Å². The fourth-order valence-corrected chi connectivity index (χ4v) is 11.4. The van der Waals surface area contributed by atoms with Crippen molar-refractivity contribution in [1.82, 2.24) is 4.72 Å². The summed E-state index contributed by atoms with van der Waals surface area (Å²) in [6.45, 7) is 17.1. The molecule has 4 saturated carbocycles. The number of hydrogen-bond donors (Lipinski definition) is 1. The molecule has 5 aliphatic carbocycles. The SMILES string of the molecule is CSNCC12CCC(C)(C)CC1C1C(=O)CC3C4(C)C=C(C#N)C(=O)C(C)(C)C4CCC3(C)C1(C)CC2. The van der Waals surface area contributed by atoms with Crippen LogP contribution < -0.4 is 4.72 Å². The fraction of sp³-hybridized carbons (Fsp3) is 0.844. The Balaban J connectivity index is 1.61. The van der Waals surface area contributed by atoms with E-state index in [-0.39, 0.29) is 50.6 Å². The summed E-state index contributed by atoms with van der Waals surface area (Å²) < 4.78 is 3.63. The first-order valence-corrected chi connectivity index (χ1v) is 15.8. The molecular formula is C32H48N2O2S. The van der Waals surface area contributed by atoms with Crippen molar-refractivity contribution in [3.05, 3.63) is 11.6 Å². The second-order valence-corrected chi connectivity index (χ2v) is 16.3. The van der Waals surface area contributed by atoms with Gasteiger partial charge in [-0.2, -0.15) is 5.26 Å². The molecule has 0 amide bonds. The van der Waals surface area contributed by atoms with Gasteiger partial charge in [0.05, 0.1) is 5.57 Å². The zero-order valence-electron chi connectivity index (χ0n) is 24.4. The van der Waals surface area contributed by atoms with Gasteiger partial charge in [0.15, 0.2) is 5.78 Å². The number of nitriles is 1. The lowest BCUT2D eigenvalue weighted by Crippen LogP contribution is -2.69. The van der Waals surface area contributed by atoms with Crippen LogP contribution in [-0.2, 0) is 9.59 Å². The van der Waals surface area contributed by atoms with E-state index < -0.39 is 5.41 Å². The quantitative estimate of drug-likeness (QED) is 0.397. The Bertz CT molecular complexity index is 1090. The summed E-state index contributed by atoms with van der Waals surface area (Å²) in [5, 5.41) is 9.91. The van der Waals surface area contributed by atoms with E-state index in [2.05, 4.69) is 51.7 Å². The van der Waals surface area contributed by atoms with Gasteiger partial charge < -0.3 is 0 Å². The first kappa shape index (κ1) is 27.4. The number of allylic oxidation sites excluding steroid dienone is 2. The Labute approximate surface area is 229 Å². The van der Waals surface area contributed by atoms with Crippen LogP contribution in [0.1, 0.15) is 99.8 Å². The van der Waals surface area contributed by atoms with Crippen LogP contribution in [0.15, 0.2) is 11.6 Å². The van der Waals surface area contributed by atoms with Crippen molar-refractivity contribution in [3.63, 3.8) is 0 Å². The van der Waals surface area contributed by atoms with Crippen molar-refractivity contribution in [2.75, 3.05) is 12.8 Å². The van der Waals surface area contributed by atoms with Crippen LogP contribution in [0.2, 0.25) is 0 Å². The molecule has 0 saturated heterocycles. The first-order valence-electron chi connectivity index (χ1n) is 14.6. The third-order valence-electron chi connectivity index (χ3n) is 13.2. The van der Waals surface area contributed by atoms with Gasteiger partial charge in [-0.1, -0.05) is 66.5 Å². The number of hydrogen-bond acceptors (Lipinski definition) is 5. The molecule has 5 heteroatoms. The normalized spacial score (nSPS) is 48.0. The van der Waals surface area contributed by atoms with E-state index in [0.717, 1.165) is 32.2 Å². The number of nitrogens with zero attached hydrogens (tertiary/aromatic N) is 1. The fourth-order valence-electron chi connectivity index (χ4n) is 10.9. The molecular weight excluding hydrogens is 476 g/mol. The van der Waals surface area contributed by atoms with E-state index in [4.69, 9.17) is 0 Å². The minimum atomic E-state index is -0.574. The maximum Gasteiger partial charge on any atom is 0.178 e. The van der Waals surface area contributed by atoms with Gasteiger partial charge in [0, 0.05) is 24.3 Å². The Hall–Kier alpha value is -1.12.